The van der Waals surface area contributed by atoms with Crippen molar-refractivity contribution >= 4 is 17.8 Å². The van der Waals surface area contributed by atoms with Crippen LogP contribution < -0.4 is 10.6 Å². The van der Waals surface area contributed by atoms with Gasteiger partial charge in [0, 0.05) is 18.7 Å². The molecule has 7 nitrogen and oxygen atoms in total. The first-order chi connectivity index (χ1) is 25.6. The third-order valence-electron chi connectivity index (χ3n) is 16.4. The molecule has 5 fully saturated rings. The van der Waals surface area contributed by atoms with Gasteiger partial charge in [-0.3, -0.25) is 9.59 Å². The first-order valence-electron chi connectivity index (χ1n) is 20.9. The van der Waals surface area contributed by atoms with Crippen LogP contribution in [0.15, 0.2) is 60.7 Å². The van der Waals surface area contributed by atoms with E-state index < -0.39 is 5.97 Å². The number of carbonyl (C=O) groups is 3. The Labute approximate surface area is 323 Å². The topological polar surface area (TPSA) is 116 Å². The second-order valence-corrected chi connectivity index (χ2v) is 19.3. The van der Waals surface area contributed by atoms with Gasteiger partial charge in [0.2, 0.25) is 5.91 Å². The number of aromatic carboxylic acids is 1. The van der Waals surface area contributed by atoms with Crippen LogP contribution in [-0.4, -0.2) is 47.2 Å². The van der Waals surface area contributed by atoms with Gasteiger partial charge in [-0.05, 0) is 171 Å². The van der Waals surface area contributed by atoms with Crippen molar-refractivity contribution in [2.24, 2.45) is 57.2 Å². The third kappa shape index (κ3) is 6.54. The van der Waals surface area contributed by atoms with E-state index in [4.69, 9.17) is 5.11 Å². The second-order valence-electron chi connectivity index (χ2n) is 19.3. The van der Waals surface area contributed by atoms with Crippen molar-refractivity contribution in [1.29, 1.82) is 0 Å². The average molecular weight is 737 g/mol. The quantitative estimate of drug-likeness (QED) is 0.182. The number of carbonyl (C=O) groups excluding carboxylic acids is 2. The Kier molecular flexibility index (Phi) is 10.5. The summed E-state index contributed by atoms with van der Waals surface area (Å²) in [5, 5.41) is 26.6. The summed E-state index contributed by atoms with van der Waals surface area (Å²) in [6.45, 7) is 17.5. The Morgan fingerprint density at radius 3 is 2.17 bits per heavy atom. The minimum Gasteiger partial charge on any atom is -0.478 e. The fraction of sp³-hybridized carbons (Fsp3) is 0.638. The maximum absolute atomic E-state index is 14.5. The summed E-state index contributed by atoms with van der Waals surface area (Å²) in [6, 6.07) is 14.4. The van der Waals surface area contributed by atoms with Gasteiger partial charge in [-0.25, -0.2) is 4.79 Å². The molecule has 0 bridgehead atoms. The van der Waals surface area contributed by atoms with E-state index in [2.05, 4.69) is 51.8 Å². The number of aliphatic hydroxyl groups excluding tert-OH is 1. The van der Waals surface area contributed by atoms with Gasteiger partial charge in [-0.2, -0.15) is 0 Å². The number of nitrogens with one attached hydrogen (secondary N) is 2. The van der Waals surface area contributed by atoms with E-state index in [-0.39, 0.29) is 45.1 Å². The van der Waals surface area contributed by atoms with Crippen LogP contribution in [0.3, 0.4) is 0 Å². The minimum atomic E-state index is -0.953. The van der Waals surface area contributed by atoms with E-state index in [0.717, 1.165) is 49.7 Å². The molecule has 5 aliphatic rings. The highest BCUT2D eigenvalue weighted by Gasteiger charge is 2.68. The normalized spacial score (nSPS) is 36.4. The molecule has 2 aromatic rings. The van der Waals surface area contributed by atoms with E-state index in [9.17, 15) is 19.5 Å². The molecule has 0 radical (unpaired) electrons. The molecular formula is C47H64N2O5. The molecule has 7 rings (SSSR count). The highest BCUT2D eigenvalue weighted by Crippen LogP contribution is 2.73. The first kappa shape index (κ1) is 38.8. The van der Waals surface area contributed by atoms with Crippen LogP contribution >= 0.6 is 0 Å². The molecule has 0 aromatic heterocycles. The average Bonchev–Trinajstić information content (AvgIpc) is 3.55. The van der Waals surface area contributed by atoms with Crippen LogP contribution in [0.1, 0.15) is 131 Å². The maximum Gasteiger partial charge on any atom is 0.335 e. The molecule has 2 amide bonds. The van der Waals surface area contributed by atoms with Crippen LogP contribution in [0.4, 0.5) is 0 Å². The monoisotopic (exact) mass is 736 g/mol. The number of benzene rings is 2. The van der Waals surface area contributed by atoms with Crippen molar-refractivity contribution in [3.63, 3.8) is 0 Å². The van der Waals surface area contributed by atoms with Gasteiger partial charge in [0.25, 0.3) is 5.91 Å². The molecule has 0 aliphatic heterocycles. The predicted molar refractivity (Wildman–Crippen MR) is 213 cm³/mol. The van der Waals surface area contributed by atoms with Crippen molar-refractivity contribution in [2.75, 3.05) is 13.1 Å². The molecule has 10 unspecified atom stereocenters. The fourth-order valence-electron chi connectivity index (χ4n) is 13.8. The lowest BCUT2D eigenvalue weighted by Crippen LogP contribution is -2.64. The second kappa shape index (κ2) is 14.6. The smallest absolute Gasteiger partial charge is 0.335 e. The Hall–Kier alpha value is -3.45. The van der Waals surface area contributed by atoms with Crippen molar-refractivity contribution in [3.05, 3.63) is 82.9 Å². The number of rotatable bonds is 10. The molecule has 0 saturated heterocycles. The summed E-state index contributed by atoms with van der Waals surface area (Å²) in [6.07, 6.45) is 12.0. The summed E-state index contributed by atoms with van der Waals surface area (Å²) in [5.74, 6) is 2.24. The van der Waals surface area contributed by atoms with Crippen LogP contribution in [0.25, 0.3) is 0 Å². The van der Waals surface area contributed by atoms with E-state index in [0.29, 0.717) is 67.0 Å². The predicted octanol–water partition coefficient (Wildman–Crippen LogP) is 8.64. The molecule has 10 atom stereocenters. The lowest BCUT2D eigenvalue weighted by atomic mass is 9.36. The molecule has 5 aliphatic carbocycles. The molecule has 0 heterocycles. The van der Waals surface area contributed by atoms with Crippen molar-refractivity contribution < 1.29 is 24.6 Å². The number of aliphatic hydroxyl groups is 1. The molecule has 0 spiro atoms. The first-order valence-corrected chi connectivity index (χ1v) is 20.9. The standard InChI is InChI=1S/C47H64N2O5/c1-29(2)34-16-24-47(25-17-36-35(40(34)47)14-15-38-45(36,5)22-18-37-44(3,4)39(50)19-23-46(37,38)6)43(54)49-27-21-31-8-7-9-33(28-31)41(51)48-26-20-30-10-12-32(13-11-30)42(52)53/h7-13,28,34-40,50H,1,14-27H2,2-6H3,(H,48,51)(H,49,54)(H,52,53). The maximum atomic E-state index is 14.5. The number of hydrogen-bond acceptors (Lipinski definition) is 4. The van der Waals surface area contributed by atoms with Crippen LogP contribution in [0.5, 0.6) is 0 Å². The summed E-state index contributed by atoms with van der Waals surface area (Å²) in [5.41, 5.74) is 4.20. The highest BCUT2D eigenvalue weighted by molar-refractivity contribution is 5.94. The Bertz CT molecular complexity index is 1770. The van der Waals surface area contributed by atoms with Crippen molar-refractivity contribution in [3.8, 4) is 0 Å². The Balaban J connectivity index is 0.995. The van der Waals surface area contributed by atoms with Gasteiger partial charge >= 0.3 is 5.97 Å². The van der Waals surface area contributed by atoms with E-state index in [1.165, 1.54) is 31.3 Å². The number of fused-ring (bicyclic) bond motifs is 7. The summed E-state index contributed by atoms with van der Waals surface area (Å²) >= 11 is 0. The zero-order chi connectivity index (χ0) is 38.6. The fourth-order valence-corrected chi connectivity index (χ4v) is 13.8. The number of carboxylic acids is 1. The summed E-state index contributed by atoms with van der Waals surface area (Å²) in [7, 11) is 0. The Morgan fingerprint density at radius 2 is 1.44 bits per heavy atom. The van der Waals surface area contributed by atoms with Gasteiger partial charge in [-0.1, -0.05) is 64.1 Å². The summed E-state index contributed by atoms with van der Waals surface area (Å²) in [4.78, 5) is 38.7. The molecule has 4 N–H and O–H groups in total. The zero-order valence-electron chi connectivity index (χ0n) is 33.4. The van der Waals surface area contributed by atoms with Gasteiger partial charge in [0.15, 0.2) is 0 Å². The van der Waals surface area contributed by atoms with E-state index in [1.54, 1.807) is 24.3 Å². The highest BCUT2D eigenvalue weighted by atomic mass is 16.4. The van der Waals surface area contributed by atoms with Gasteiger partial charge < -0.3 is 20.8 Å². The van der Waals surface area contributed by atoms with Crippen LogP contribution in [0, 0.1) is 57.2 Å². The van der Waals surface area contributed by atoms with E-state index >= 15 is 0 Å². The van der Waals surface area contributed by atoms with Gasteiger partial charge in [0.1, 0.15) is 0 Å². The largest absolute Gasteiger partial charge is 0.478 e. The van der Waals surface area contributed by atoms with E-state index in [1.807, 2.05) is 24.3 Å². The minimum absolute atomic E-state index is 0.0456. The number of amides is 2. The lowest BCUT2D eigenvalue weighted by Gasteiger charge is -2.69. The molecule has 2 aromatic carbocycles. The number of allylic oxidation sites excluding steroid dienone is 1. The lowest BCUT2D eigenvalue weighted by molar-refractivity contribution is -0.216. The van der Waals surface area contributed by atoms with Crippen LogP contribution in [-0.2, 0) is 17.6 Å². The number of carboxylic acid groups (broad SMARTS) is 1. The molecule has 7 heteroatoms. The molecule has 5 saturated carbocycles. The third-order valence-corrected chi connectivity index (χ3v) is 16.4. The Morgan fingerprint density at radius 1 is 0.759 bits per heavy atom. The van der Waals surface area contributed by atoms with Gasteiger partial charge in [-0.15, -0.1) is 0 Å². The van der Waals surface area contributed by atoms with Gasteiger partial charge in [0.05, 0.1) is 17.1 Å². The SMILES string of the molecule is C=C(C)C1CCC2(C(=O)NCCc3cccc(C(=O)NCCc4ccc(C(=O)O)cc4)c3)CCC3C(CCC4C3(C)CCC3C(C)(C)C(O)CCC34C)C12. The van der Waals surface area contributed by atoms with Crippen molar-refractivity contribution in [2.45, 2.75) is 118 Å². The number of hydrogen-bond donors (Lipinski definition) is 4. The van der Waals surface area contributed by atoms with Crippen molar-refractivity contribution in [1.82, 2.24) is 10.6 Å². The van der Waals surface area contributed by atoms with Crippen LogP contribution in [0.2, 0.25) is 0 Å². The molecule has 292 valence electrons. The summed E-state index contributed by atoms with van der Waals surface area (Å²) < 4.78 is 0. The zero-order valence-corrected chi connectivity index (χ0v) is 33.4. The molecular weight excluding hydrogens is 673 g/mol. The molecule has 54 heavy (non-hydrogen) atoms.